The lowest BCUT2D eigenvalue weighted by atomic mass is 9.81. The fourth-order valence-electron chi connectivity index (χ4n) is 3.08. The van der Waals surface area contributed by atoms with E-state index >= 15 is 0 Å². The summed E-state index contributed by atoms with van der Waals surface area (Å²) in [7, 11) is 0. The number of carbonyl (C=O) groups excluding carboxylic acids is 1. The van der Waals surface area contributed by atoms with Gasteiger partial charge in [0.15, 0.2) is 0 Å². The summed E-state index contributed by atoms with van der Waals surface area (Å²) in [6.07, 6.45) is 4.01. The van der Waals surface area contributed by atoms with Gasteiger partial charge in [-0.25, -0.2) is 4.79 Å². The number of oxime groups is 1. The SMILES string of the molecule is O=C(O/N=C1/CCCC[C@H]1c1ccc([N+](=O)[O-])cc1[N+](=O)[O-])c1ccco1. The Morgan fingerprint density at radius 3 is 2.67 bits per heavy atom. The van der Waals surface area contributed by atoms with Crippen molar-refractivity contribution in [3.05, 3.63) is 68.1 Å². The molecule has 0 bridgehead atoms. The lowest BCUT2D eigenvalue weighted by Crippen LogP contribution is -2.20. The van der Waals surface area contributed by atoms with Gasteiger partial charge in [0.2, 0.25) is 5.76 Å². The van der Waals surface area contributed by atoms with E-state index < -0.39 is 21.7 Å². The minimum atomic E-state index is -0.768. The summed E-state index contributed by atoms with van der Waals surface area (Å²) in [6.45, 7) is 0. The minimum absolute atomic E-state index is 0.00646. The number of rotatable bonds is 5. The van der Waals surface area contributed by atoms with Gasteiger partial charge in [0.05, 0.1) is 27.9 Å². The number of nitro benzene ring substituents is 2. The van der Waals surface area contributed by atoms with E-state index in [0.717, 1.165) is 18.9 Å². The average Bonchev–Trinajstić information content (AvgIpc) is 3.20. The Morgan fingerprint density at radius 2 is 2.00 bits per heavy atom. The van der Waals surface area contributed by atoms with Crippen LogP contribution in [0.4, 0.5) is 11.4 Å². The molecule has 1 heterocycles. The molecule has 0 unspecified atom stereocenters. The van der Waals surface area contributed by atoms with Crippen LogP contribution in [0.25, 0.3) is 0 Å². The first-order valence-electron chi connectivity index (χ1n) is 8.21. The van der Waals surface area contributed by atoms with E-state index in [1.807, 2.05) is 0 Å². The van der Waals surface area contributed by atoms with Gasteiger partial charge in [-0.1, -0.05) is 11.6 Å². The number of non-ortho nitro benzene ring substituents is 1. The highest BCUT2D eigenvalue weighted by atomic mass is 16.7. The zero-order valence-corrected chi connectivity index (χ0v) is 14.1. The Balaban J connectivity index is 1.91. The molecule has 10 nitrogen and oxygen atoms in total. The van der Waals surface area contributed by atoms with Crippen molar-refractivity contribution in [2.24, 2.45) is 5.16 Å². The van der Waals surface area contributed by atoms with Gasteiger partial charge in [-0.05, 0) is 37.5 Å². The third-order valence-corrected chi connectivity index (χ3v) is 4.34. The zero-order chi connectivity index (χ0) is 19.4. The monoisotopic (exact) mass is 373 g/mol. The molecule has 2 aromatic rings. The molecule has 140 valence electrons. The Kier molecular flexibility index (Phi) is 5.25. The molecular weight excluding hydrogens is 358 g/mol. The van der Waals surface area contributed by atoms with Crippen molar-refractivity contribution in [1.82, 2.24) is 0 Å². The van der Waals surface area contributed by atoms with Crippen LogP contribution in [0.15, 0.2) is 46.2 Å². The highest BCUT2D eigenvalue weighted by Crippen LogP contribution is 2.37. The third kappa shape index (κ3) is 4.00. The first-order chi connectivity index (χ1) is 13.0. The Morgan fingerprint density at radius 1 is 1.19 bits per heavy atom. The second kappa shape index (κ2) is 7.77. The molecule has 1 aliphatic rings. The highest BCUT2D eigenvalue weighted by Gasteiger charge is 2.31. The van der Waals surface area contributed by atoms with Crippen molar-refractivity contribution >= 4 is 23.1 Å². The van der Waals surface area contributed by atoms with Crippen molar-refractivity contribution < 1.29 is 23.9 Å². The first-order valence-corrected chi connectivity index (χ1v) is 8.21. The minimum Gasteiger partial charge on any atom is -0.457 e. The van der Waals surface area contributed by atoms with Gasteiger partial charge in [-0.2, -0.15) is 0 Å². The molecule has 27 heavy (non-hydrogen) atoms. The van der Waals surface area contributed by atoms with E-state index in [-0.39, 0.29) is 17.1 Å². The molecule has 0 aliphatic heterocycles. The van der Waals surface area contributed by atoms with E-state index in [9.17, 15) is 25.0 Å². The number of hydrogen-bond donors (Lipinski definition) is 0. The van der Waals surface area contributed by atoms with Crippen molar-refractivity contribution in [2.75, 3.05) is 0 Å². The van der Waals surface area contributed by atoms with E-state index in [4.69, 9.17) is 9.25 Å². The van der Waals surface area contributed by atoms with Crippen LogP contribution >= 0.6 is 0 Å². The molecule has 3 rings (SSSR count). The average molecular weight is 373 g/mol. The van der Waals surface area contributed by atoms with Gasteiger partial charge in [0.1, 0.15) is 0 Å². The van der Waals surface area contributed by atoms with Crippen LogP contribution in [0.5, 0.6) is 0 Å². The topological polar surface area (TPSA) is 138 Å². The predicted octanol–water partition coefficient (Wildman–Crippen LogP) is 3.97. The quantitative estimate of drug-likeness (QED) is 0.439. The molecule has 0 N–H and O–H groups in total. The van der Waals surface area contributed by atoms with Crippen LogP contribution in [0.1, 0.15) is 47.7 Å². The van der Waals surface area contributed by atoms with E-state index in [2.05, 4.69) is 5.16 Å². The number of benzene rings is 1. The third-order valence-electron chi connectivity index (χ3n) is 4.34. The van der Waals surface area contributed by atoms with Crippen LogP contribution < -0.4 is 0 Å². The molecule has 0 spiro atoms. The molecule has 0 amide bonds. The summed E-state index contributed by atoms with van der Waals surface area (Å²) in [5.41, 5.74) is 0.0985. The smallest absolute Gasteiger partial charge is 0.400 e. The van der Waals surface area contributed by atoms with E-state index in [1.165, 1.54) is 30.5 Å². The molecule has 1 saturated carbocycles. The van der Waals surface area contributed by atoms with Crippen molar-refractivity contribution in [3.8, 4) is 0 Å². The summed E-state index contributed by atoms with van der Waals surface area (Å²) in [4.78, 5) is 37.8. The van der Waals surface area contributed by atoms with Crippen molar-refractivity contribution in [3.63, 3.8) is 0 Å². The molecule has 10 heteroatoms. The summed E-state index contributed by atoms with van der Waals surface area (Å²) in [6, 6.07) is 6.51. The first kappa shape index (κ1) is 18.2. The van der Waals surface area contributed by atoms with Gasteiger partial charge in [-0.15, -0.1) is 0 Å². The molecule has 1 aliphatic carbocycles. The Hall–Kier alpha value is -3.56. The normalized spacial score (nSPS) is 18.2. The number of nitro groups is 2. The Labute approximate surface area is 152 Å². The predicted molar refractivity (Wildman–Crippen MR) is 92.5 cm³/mol. The molecule has 0 saturated heterocycles. The van der Waals surface area contributed by atoms with Gasteiger partial charge in [0.25, 0.3) is 11.4 Å². The fraction of sp³-hybridized carbons (Fsp3) is 0.294. The maximum Gasteiger partial charge on any atom is 0.400 e. The van der Waals surface area contributed by atoms with Crippen molar-refractivity contribution in [1.29, 1.82) is 0 Å². The van der Waals surface area contributed by atoms with Gasteiger partial charge < -0.3 is 9.25 Å². The second-order valence-electron chi connectivity index (χ2n) is 5.99. The summed E-state index contributed by atoms with van der Waals surface area (Å²) in [5.74, 6) is -1.23. The van der Waals surface area contributed by atoms with E-state index in [1.54, 1.807) is 0 Å². The number of furan rings is 1. The summed E-state index contributed by atoms with van der Waals surface area (Å²) in [5, 5.41) is 26.2. The van der Waals surface area contributed by atoms with Crippen LogP contribution in [0, 0.1) is 20.2 Å². The molecular formula is C17H15N3O7. The van der Waals surface area contributed by atoms with Gasteiger partial charge >= 0.3 is 5.97 Å². The van der Waals surface area contributed by atoms with Crippen LogP contribution in [0.3, 0.4) is 0 Å². The lowest BCUT2D eigenvalue weighted by molar-refractivity contribution is -0.394. The second-order valence-corrected chi connectivity index (χ2v) is 5.99. The molecule has 1 aromatic carbocycles. The van der Waals surface area contributed by atoms with Crippen molar-refractivity contribution in [2.45, 2.75) is 31.6 Å². The molecule has 1 fully saturated rings. The number of carbonyl (C=O) groups is 1. The maximum absolute atomic E-state index is 11.9. The fourth-order valence-corrected chi connectivity index (χ4v) is 3.08. The van der Waals surface area contributed by atoms with Crippen LogP contribution in [-0.4, -0.2) is 21.5 Å². The molecule has 1 atom stereocenters. The van der Waals surface area contributed by atoms with E-state index in [0.29, 0.717) is 24.1 Å². The molecule has 0 radical (unpaired) electrons. The zero-order valence-electron chi connectivity index (χ0n) is 14.1. The number of hydrogen-bond acceptors (Lipinski definition) is 8. The summed E-state index contributed by atoms with van der Waals surface area (Å²) < 4.78 is 4.94. The van der Waals surface area contributed by atoms with Crippen LogP contribution in [-0.2, 0) is 4.84 Å². The highest BCUT2D eigenvalue weighted by molar-refractivity contribution is 5.93. The molecule has 1 aromatic heterocycles. The Bertz CT molecular complexity index is 905. The summed E-state index contributed by atoms with van der Waals surface area (Å²) >= 11 is 0. The maximum atomic E-state index is 11.9. The largest absolute Gasteiger partial charge is 0.457 e. The number of nitrogens with zero attached hydrogens (tertiary/aromatic N) is 3. The standard InChI is InChI=1S/C17H15N3O7/c21-17(16-6-3-9-26-16)27-18-14-5-2-1-4-12(14)13-8-7-11(19(22)23)10-15(13)20(24)25/h3,6-10,12H,1-2,4-5H2/b18-14-/t12-/m0/s1. The lowest BCUT2D eigenvalue weighted by Gasteiger charge is -2.23. The van der Waals surface area contributed by atoms with Gasteiger partial charge in [-0.3, -0.25) is 20.2 Å². The van der Waals surface area contributed by atoms with Crippen LogP contribution in [0.2, 0.25) is 0 Å². The van der Waals surface area contributed by atoms with Gasteiger partial charge in [0, 0.05) is 17.5 Å².